The van der Waals surface area contributed by atoms with E-state index in [1.807, 2.05) is 6.07 Å². The number of carboxylic acids is 1. The van der Waals surface area contributed by atoms with Gasteiger partial charge in [-0.25, -0.2) is 4.68 Å². The lowest BCUT2D eigenvalue weighted by Crippen LogP contribution is -2.29. The molecular weight excluding hydrogens is 469 g/mol. The third kappa shape index (κ3) is 5.98. The molecule has 0 aliphatic heterocycles. The van der Waals surface area contributed by atoms with Crippen LogP contribution in [0, 0.1) is 11.3 Å². The summed E-state index contributed by atoms with van der Waals surface area (Å²) in [5.41, 5.74) is 1.13. The normalized spacial score (nSPS) is 10.5. The van der Waals surface area contributed by atoms with Crippen molar-refractivity contribution in [2.75, 3.05) is 6.61 Å². The first-order valence-electron chi connectivity index (χ1n) is 9.74. The third-order valence-corrected chi connectivity index (χ3v) is 5.13. The monoisotopic (exact) mass is 485 g/mol. The fourth-order valence-electron chi connectivity index (χ4n) is 3.06. The highest BCUT2D eigenvalue weighted by Crippen LogP contribution is 2.33. The highest BCUT2D eigenvalue weighted by molar-refractivity contribution is 6.31. The molecule has 1 heterocycles. The van der Waals surface area contributed by atoms with Crippen LogP contribution in [0.2, 0.25) is 10.0 Å². The van der Waals surface area contributed by atoms with Crippen LogP contribution < -0.4 is 5.56 Å². The number of benzene rings is 2. The Labute approximate surface area is 198 Å². The number of aliphatic carboxylic acids is 1. The Morgan fingerprint density at radius 1 is 1.00 bits per heavy atom. The van der Waals surface area contributed by atoms with Crippen molar-refractivity contribution >= 4 is 35.1 Å². The van der Waals surface area contributed by atoms with E-state index in [0.29, 0.717) is 32.4 Å². The lowest BCUT2D eigenvalue weighted by Gasteiger charge is -2.15. The Balaban J connectivity index is 2.03. The van der Waals surface area contributed by atoms with E-state index in [1.54, 1.807) is 48.5 Å². The van der Waals surface area contributed by atoms with Crippen LogP contribution in [0.4, 0.5) is 0 Å². The van der Waals surface area contributed by atoms with Crippen LogP contribution >= 0.6 is 23.2 Å². The molecule has 0 saturated carbocycles. The SMILES string of the molecule is N#Cc1c(-c2ccc(Cl)cc2)c(-c2ccc(Cl)cc2)nn(CCOC(=O)CCC(=O)O)c1=O. The number of nitrogens with zero attached hydrogens (tertiary/aromatic N) is 3. The molecule has 0 unspecified atom stereocenters. The number of carboxylic acid groups (broad SMARTS) is 1. The second-order valence-electron chi connectivity index (χ2n) is 6.87. The number of carbonyl (C=O) groups excluding carboxylic acids is 1. The summed E-state index contributed by atoms with van der Waals surface area (Å²) in [5.74, 6) is -1.82. The second-order valence-corrected chi connectivity index (χ2v) is 7.74. The predicted octanol–water partition coefficient (Wildman–Crippen LogP) is 4.16. The standard InChI is InChI=1S/C23H17Cl2N3O5/c24-16-5-1-14(2-6-16)21-18(13-26)23(32)28(11-12-33-20(31)10-9-19(29)30)27-22(21)15-3-7-17(25)8-4-15/h1-8H,9-12H2,(H,29,30). The molecule has 168 valence electrons. The molecule has 0 aliphatic carbocycles. The first-order valence-corrected chi connectivity index (χ1v) is 10.5. The lowest BCUT2D eigenvalue weighted by atomic mass is 9.96. The van der Waals surface area contributed by atoms with Gasteiger partial charge in [-0.05, 0) is 29.8 Å². The van der Waals surface area contributed by atoms with Crippen molar-refractivity contribution in [1.29, 1.82) is 5.26 Å². The molecule has 33 heavy (non-hydrogen) atoms. The molecule has 0 atom stereocenters. The van der Waals surface area contributed by atoms with Crippen molar-refractivity contribution in [3.05, 3.63) is 74.5 Å². The van der Waals surface area contributed by atoms with Gasteiger partial charge < -0.3 is 9.84 Å². The number of halogens is 2. The Morgan fingerprint density at radius 2 is 1.58 bits per heavy atom. The van der Waals surface area contributed by atoms with Crippen LogP contribution in [0.5, 0.6) is 0 Å². The minimum atomic E-state index is -1.12. The van der Waals surface area contributed by atoms with E-state index >= 15 is 0 Å². The Kier molecular flexibility index (Phi) is 7.83. The van der Waals surface area contributed by atoms with Gasteiger partial charge in [-0.2, -0.15) is 10.4 Å². The first-order chi connectivity index (χ1) is 15.8. The van der Waals surface area contributed by atoms with Gasteiger partial charge in [-0.15, -0.1) is 0 Å². The van der Waals surface area contributed by atoms with Crippen LogP contribution in [0.3, 0.4) is 0 Å². The first kappa shape index (κ1) is 24.0. The number of carbonyl (C=O) groups is 2. The predicted molar refractivity (Wildman–Crippen MR) is 122 cm³/mol. The average molecular weight is 486 g/mol. The van der Waals surface area contributed by atoms with Crippen LogP contribution in [-0.4, -0.2) is 33.4 Å². The second kappa shape index (κ2) is 10.8. The van der Waals surface area contributed by atoms with Gasteiger partial charge in [0.05, 0.1) is 19.4 Å². The van der Waals surface area contributed by atoms with Crippen LogP contribution in [0.15, 0.2) is 53.3 Å². The van der Waals surface area contributed by atoms with Gasteiger partial charge in [0.15, 0.2) is 0 Å². The van der Waals surface area contributed by atoms with Crippen LogP contribution in [0.1, 0.15) is 18.4 Å². The molecule has 2 aromatic carbocycles. The molecule has 0 amide bonds. The van der Waals surface area contributed by atoms with Crippen molar-refractivity contribution in [2.24, 2.45) is 0 Å². The Bertz CT molecular complexity index is 1280. The number of aromatic nitrogens is 2. The molecule has 3 rings (SSSR count). The van der Waals surface area contributed by atoms with E-state index in [2.05, 4.69) is 5.10 Å². The lowest BCUT2D eigenvalue weighted by molar-refractivity contribution is -0.148. The highest BCUT2D eigenvalue weighted by Gasteiger charge is 2.20. The van der Waals surface area contributed by atoms with E-state index in [1.165, 1.54) is 0 Å². The smallest absolute Gasteiger partial charge is 0.306 e. The molecule has 0 saturated heterocycles. The molecular formula is C23H17Cl2N3O5. The van der Waals surface area contributed by atoms with Crippen molar-refractivity contribution in [2.45, 2.75) is 19.4 Å². The molecule has 1 N–H and O–H groups in total. The van der Waals surface area contributed by atoms with E-state index in [9.17, 15) is 19.6 Å². The van der Waals surface area contributed by atoms with Crippen LogP contribution in [-0.2, 0) is 20.9 Å². The van der Waals surface area contributed by atoms with Gasteiger partial charge >= 0.3 is 11.9 Å². The zero-order valence-corrected chi connectivity index (χ0v) is 18.6. The van der Waals surface area contributed by atoms with Gasteiger partial charge in [-0.3, -0.25) is 14.4 Å². The summed E-state index contributed by atoms with van der Waals surface area (Å²) in [7, 11) is 0. The summed E-state index contributed by atoms with van der Waals surface area (Å²) in [5, 5.41) is 23.9. The number of hydrogen-bond donors (Lipinski definition) is 1. The molecule has 0 radical (unpaired) electrons. The molecule has 1 aromatic heterocycles. The molecule has 0 spiro atoms. The largest absolute Gasteiger partial charge is 0.481 e. The van der Waals surface area contributed by atoms with E-state index in [0.717, 1.165) is 4.68 Å². The van der Waals surface area contributed by atoms with Crippen LogP contribution in [0.25, 0.3) is 22.4 Å². The number of hydrogen-bond acceptors (Lipinski definition) is 6. The minimum absolute atomic E-state index is 0.117. The Hall–Kier alpha value is -3.67. The van der Waals surface area contributed by atoms with Crippen molar-refractivity contribution in [3.63, 3.8) is 0 Å². The summed E-state index contributed by atoms with van der Waals surface area (Å²) in [6.07, 6.45) is -0.640. The summed E-state index contributed by atoms with van der Waals surface area (Å²) < 4.78 is 6.05. The summed E-state index contributed by atoms with van der Waals surface area (Å²) in [6, 6.07) is 15.4. The zero-order chi connectivity index (χ0) is 24.0. The highest BCUT2D eigenvalue weighted by atomic mass is 35.5. The zero-order valence-electron chi connectivity index (χ0n) is 17.1. The Morgan fingerprint density at radius 3 is 2.12 bits per heavy atom. The maximum atomic E-state index is 13.0. The molecule has 0 fully saturated rings. The summed E-state index contributed by atoms with van der Waals surface area (Å²) >= 11 is 12.0. The van der Waals surface area contributed by atoms with Crippen molar-refractivity contribution < 1.29 is 19.4 Å². The summed E-state index contributed by atoms with van der Waals surface area (Å²) in [6.45, 7) is -0.329. The molecule has 0 aliphatic rings. The molecule has 8 nitrogen and oxygen atoms in total. The minimum Gasteiger partial charge on any atom is -0.481 e. The average Bonchev–Trinajstić information content (AvgIpc) is 2.79. The van der Waals surface area contributed by atoms with Gasteiger partial charge in [0.2, 0.25) is 0 Å². The van der Waals surface area contributed by atoms with Crippen molar-refractivity contribution in [1.82, 2.24) is 9.78 Å². The molecule has 0 bridgehead atoms. The fourth-order valence-corrected chi connectivity index (χ4v) is 3.31. The fraction of sp³-hybridized carbons (Fsp3) is 0.174. The maximum absolute atomic E-state index is 13.0. The quantitative estimate of drug-likeness (QED) is 0.475. The maximum Gasteiger partial charge on any atom is 0.306 e. The van der Waals surface area contributed by atoms with E-state index in [-0.39, 0.29) is 31.6 Å². The topological polar surface area (TPSA) is 122 Å². The number of esters is 1. The van der Waals surface area contributed by atoms with Gasteiger partial charge in [0.25, 0.3) is 5.56 Å². The number of rotatable bonds is 8. The number of nitriles is 1. The number of ether oxygens (including phenoxy) is 1. The van der Waals surface area contributed by atoms with Gasteiger partial charge in [-0.1, -0.05) is 47.5 Å². The van der Waals surface area contributed by atoms with Gasteiger partial charge in [0.1, 0.15) is 23.9 Å². The van der Waals surface area contributed by atoms with Crippen molar-refractivity contribution in [3.8, 4) is 28.5 Å². The summed E-state index contributed by atoms with van der Waals surface area (Å²) in [4.78, 5) is 35.2. The van der Waals surface area contributed by atoms with Gasteiger partial charge in [0, 0.05) is 21.2 Å². The van der Waals surface area contributed by atoms with E-state index < -0.39 is 17.5 Å². The molecule has 3 aromatic rings. The van der Waals surface area contributed by atoms with E-state index in [4.69, 9.17) is 33.0 Å². The third-order valence-electron chi connectivity index (χ3n) is 4.63. The molecule has 10 heteroatoms.